The SMILES string of the molecule is O=C(Oc1ccc(Cl)cc1)N1CCc2c([nH]c3ccc(Cl)cc23)C1c1ccc(OCCCCCCN2CCCC2)cc1.O=C(Oc1ccc(Cl)cc1)N1CCc2c([nH]c3ccc(Cl)cc23)C1c1ccc(OCCCCCCNCCO)cc1.O=C(Oc1ccc(F)cc1)N1CCc2c([nH]c3ccc(Cl)cc23)C1c1ccc(OCCCCCCn2cncn2)cc1. The Kier molecular flexibility index (Phi) is 31.3. The molecule has 3 unspecified atom stereocenters. The van der Waals surface area contributed by atoms with Gasteiger partial charge in [-0.2, -0.15) is 5.10 Å². The highest BCUT2D eigenvalue weighted by Gasteiger charge is 2.40. The zero-order valence-corrected chi connectivity index (χ0v) is 73.5. The molecule has 652 valence electrons. The van der Waals surface area contributed by atoms with Gasteiger partial charge in [0.1, 0.15) is 71.1 Å². The molecule has 17 rings (SSSR count). The van der Waals surface area contributed by atoms with E-state index in [1.807, 2.05) is 132 Å². The lowest BCUT2D eigenvalue weighted by atomic mass is 9.92. The number of aryl methyl sites for hydroxylation is 1. The molecule has 13 aromatic rings. The van der Waals surface area contributed by atoms with Crippen LogP contribution in [-0.4, -0.2) is 151 Å². The van der Waals surface area contributed by atoms with E-state index >= 15 is 0 Å². The highest BCUT2D eigenvalue weighted by molar-refractivity contribution is 6.32. The Morgan fingerprint density at radius 1 is 0.400 bits per heavy atom. The summed E-state index contributed by atoms with van der Waals surface area (Å²) in [6.07, 6.45) is 20.0. The largest absolute Gasteiger partial charge is 0.494 e. The number of unbranched alkanes of at least 4 members (excludes halogenated alkanes) is 9. The van der Waals surface area contributed by atoms with E-state index < -0.39 is 30.1 Å². The van der Waals surface area contributed by atoms with Crippen LogP contribution in [-0.2, 0) is 25.8 Å². The number of amides is 3. The normalized spacial score (nSPS) is 15.4. The van der Waals surface area contributed by atoms with E-state index in [4.69, 9.17) is 91.5 Å². The number of likely N-dealkylation sites (tertiary alicyclic amines) is 1. The molecule has 1 fully saturated rings. The van der Waals surface area contributed by atoms with Gasteiger partial charge in [-0.3, -0.25) is 19.4 Å². The van der Waals surface area contributed by atoms with Crippen molar-refractivity contribution in [2.24, 2.45) is 0 Å². The van der Waals surface area contributed by atoms with Gasteiger partial charge in [-0.05, 0) is 300 Å². The Labute approximate surface area is 752 Å². The van der Waals surface area contributed by atoms with Gasteiger partial charge < -0.3 is 58.7 Å². The molecule has 0 bridgehead atoms. The van der Waals surface area contributed by atoms with Crippen molar-refractivity contribution < 1.29 is 52.3 Å². The molecule has 125 heavy (non-hydrogen) atoms. The monoisotopic (exact) mass is 1790 g/mol. The third-order valence-electron chi connectivity index (χ3n) is 23.3. The van der Waals surface area contributed by atoms with E-state index in [1.54, 1.807) is 75.9 Å². The molecule has 4 aromatic heterocycles. The highest BCUT2D eigenvalue weighted by atomic mass is 35.5. The van der Waals surface area contributed by atoms with Crippen LogP contribution in [0, 0.1) is 5.82 Å². The van der Waals surface area contributed by atoms with E-state index in [2.05, 4.69) is 35.3 Å². The molecule has 3 amide bonds. The van der Waals surface area contributed by atoms with Crippen molar-refractivity contribution in [2.75, 3.05) is 78.8 Å². The Hall–Kier alpha value is -10.8. The third kappa shape index (κ3) is 23.5. The molecule has 1 saturated heterocycles. The summed E-state index contributed by atoms with van der Waals surface area (Å²) in [5.41, 5.74) is 12.2. The van der Waals surface area contributed by atoms with Crippen LogP contribution in [0.15, 0.2) is 213 Å². The van der Waals surface area contributed by atoms with Crippen LogP contribution in [0.2, 0.25) is 25.1 Å². The van der Waals surface area contributed by atoms with Crippen molar-refractivity contribution >= 4 is 109 Å². The van der Waals surface area contributed by atoms with E-state index in [0.29, 0.717) is 102 Å². The number of hydrogen-bond donors (Lipinski definition) is 5. The first-order valence-corrected chi connectivity index (χ1v) is 45.2. The lowest BCUT2D eigenvalue weighted by Crippen LogP contribution is -2.42. The number of ether oxygens (including phenoxy) is 6. The number of nitrogens with zero attached hydrogens (tertiary/aromatic N) is 7. The van der Waals surface area contributed by atoms with Gasteiger partial charge in [0.2, 0.25) is 0 Å². The Balaban J connectivity index is 0.000000145. The van der Waals surface area contributed by atoms with Crippen LogP contribution >= 0.6 is 58.0 Å². The third-order valence-corrected chi connectivity index (χ3v) is 24.5. The lowest BCUT2D eigenvalue weighted by molar-refractivity contribution is 0.134. The van der Waals surface area contributed by atoms with E-state index in [1.165, 1.54) is 81.6 Å². The van der Waals surface area contributed by atoms with Crippen molar-refractivity contribution in [3.63, 3.8) is 0 Å². The second kappa shape index (κ2) is 43.9. The number of carbonyl (C=O) groups is 3. The summed E-state index contributed by atoms with van der Waals surface area (Å²) in [7, 11) is 0. The predicted octanol–water partition coefficient (Wildman–Crippen LogP) is 23.1. The van der Waals surface area contributed by atoms with Crippen molar-refractivity contribution in [1.82, 2.24) is 54.6 Å². The fourth-order valence-corrected chi connectivity index (χ4v) is 17.8. The summed E-state index contributed by atoms with van der Waals surface area (Å²) >= 11 is 31.0. The van der Waals surface area contributed by atoms with Crippen LogP contribution in [0.4, 0.5) is 18.8 Å². The van der Waals surface area contributed by atoms with Gasteiger partial charge in [-0.25, -0.2) is 23.8 Å². The number of rotatable bonds is 32. The minimum absolute atomic E-state index is 0.177. The maximum Gasteiger partial charge on any atom is 0.416 e. The maximum atomic E-state index is 13.5. The number of benzene rings is 9. The van der Waals surface area contributed by atoms with Gasteiger partial charge in [0, 0.05) is 108 Å². The van der Waals surface area contributed by atoms with Crippen LogP contribution in [0.3, 0.4) is 0 Å². The minimum Gasteiger partial charge on any atom is -0.494 e. The molecule has 21 nitrogen and oxygen atoms in total. The number of aliphatic hydroxyl groups is 1. The smallest absolute Gasteiger partial charge is 0.416 e. The summed E-state index contributed by atoms with van der Waals surface area (Å²) in [4.78, 5) is 62.9. The molecule has 0 radical (unpaired) electrons. The van der Waals surface area contributed by atoms with Crippen molar-refractivity contribution in [1.29, 1.82) is 0 Å². The van der Waals surface area contributed by atoms with E-state index in [0.717, 1.165) is 166 Å². The van der Waals surface area contributed by atoms with Crippen LogP contribution < -0.4 is 33.7 Å². The van der Waals surface area contributed by atoms with Crippen molar-refractivity contribution in [3.05, 3.63) is 294 Å². The number of aliphatic hydroxyl groups excluding tert-OH is 1. The number of halogens is 6. The number of carbonyl (C=O) groups excluding carboxylic acids is 3. The Morgan fingerprint density at radius 3 is 1.11 bits per heavy atom. The summed E-state index contributed by atoms with van der Waals surface area (Å²) in [5.74, 6) is 3.21. The molecule has 8 heterocycles. The second-order valence-electron chi connectivity index (χ2n) is 31.8. The molecule has 5 N–H and O–H groups in total. The summed E-state index contributed by atoms with van der Waals surface area (Å²) in [5, 5.41) is 22.6. The summed E-state index contributed by atoms with van der Waals surface area (Å²) < 4.78 is 50.5. The van der Waals surface area contributed by atoms with Gasteiger partial charge in [0.25, 0.3) is 0 Å². The molecule has 0 aliphatic carbocycles. The average molecular weight is 1790 g/mol. The average Bonchev–Trinajstić information content (AvgIpc) is 1.60. The number of aromatic amines is 3. The first-order chi connectivity index (χ1) is 61.1. The standard InChI is InChI=1S/C34H37Cl2N3O3.C32H35Cl2N3O4.C32H31ClFN5O3/c35-25-9-14-28(15-10-25)42-34(40)39-21-17-29-30-23-26(36)11-16-31(30)37-32(29)33(39)24-7-12-27(13-8-24)41-22-6-2-1-3-18-38-19-4-5-20-38;33-23-7-12-26(13-8-23)41-32(39)37-18-15-27-28-21-24(34)9-14-29(28)36-30(27)31(37)22-5-10-25(11-6-22)40-20-4-2-1-3-16-35-17-19-38;33-23-7-14-29-28(19-23)27-15-17-39(32(40)42-26-12-8-24(34)9-13-26)31(30(27)37-29)22-5-10-25(11-6-22)41-18-4-2-1-3-16-38-21-35-20-36-38/h7-16,23,33,37H,1-6,17-22H2;5-14,21,31,35-36,38H,1-4,15-20H2;5-14,19-21,31,37H,1-4,15-18H2. The Morgan fingerprint density at radius 2 is 0.744 bits per heavy atom. The predicted molar refractivity (Wildman–Crippen MR) is 491 cm³/mol. The maximum absolute atomic E-state index is 13.5. The minimum atomic E-state index is -0.502. The zero-order valence-electron chi connectivity index (χ0n) is 69.7. The van der Waals surface area contributed by atoms with Gasteiger partial charge in [0.15, 0.2) is 0 Å². The fraction of sp³-hybridized carbons (Fsp3) is 0.337. The molecule has 3 atom stereocenters. The number of hydrogen-bond acceptors (Lipinski definition) is 14. The number of nitrogens with one attached hydrogen (secondary N) is 4. The zero-order chi connectivity index (χ0) is 86.4. The topological polar surface area (TPSA) is 230 Å². The van der Waals surface area contributed by atoms with Gasteiger partial charge >= 0.3 is 18.3 Å². The van der Waals surface area contributed by atoms with Crippen molar-refractivity contribution in [3.8, 4) is 34.5 Å². The van der Waals surface area contributed by atoms with Gasteiger partial charge in [0.05, 0.1) is 26.4 Å². The molecule has 0 spiro atoms. The number of aromatic nitrogens is 6. The highest BCUT2D eigenvalue weighted by Crippen LogP contribution is 2.45. The number of H-pyrrole nitrogens is 3. The molecule has 0 saturated carbocycles. The Bertz CT molecular complexity index is 5680. The second-order valence-corrected chi connectivity index (χ2v) is 34.0. The van der Waals surface area contributed by atoms with E-state index in [9.17, 15) is 18.8 Å². The molecule has 4 aliphatic rings. The van der Waals surface area contributed by atoms with Gasteiger partial charge in [-0.15, -0.1) is 0 Å². The quantitative estimate of drug-likeness (QED) is 0.0247. The van der Waals surface area contributed by atoms with Crippen LogP contribution in [0.25, 0.3) is 32.7 Å². The number of fused-ring (bicyclic) bond motifs is 9. The lowest BCUT2D eigenvalue weighted by Gasteiger charge is -2.35. The van der Waals surface area contributed by atoms with Gasteiger partial charge in [-0.1, -0.05) is 127 Å². The van der Waals surface area contributed by atoms with Crippen LogP contribution in [0.5, 0.6) is 34.5 Å². The molecular weight excluding hydrogens is 1690 g/mol. The fourth-order valence-electron chi connectivity index (χ4n) is 17.0. The molecule has 4 aliphatic heterocycles. The molecule has 9 aromatic carbocycles. The molecule has 27 heteroatoms. The summed E-state index contributed by atoms with van der Waals surface area (Å²) in [6, 6.07) is 59.3. The molecular formula is C98H103Cl5FN11O10. The first kappa shape index (κ1) is 89.0. The van der Waals surface area contributed by atoms with E-state index in [-0.39, 0.29) is 24.4 Å². The van der Waals surface area contributed by atoms with Crippen LogP contribution in [0.1, 0.15) is 158 Å². The first-order valence-electron chi connectivity index (χ1n) is 43.3. The summed E-state index contributed by atoms with van der Waals surface area (Å²) in [6.45, 7) is 9.88. The van der Waals surface area contributed by atoms with Crippen molar-refractivity contribution in [2.45, 2.75) is 134 Å².